The van der Waals surface area contributed by atoms with Crippen molar-refractivity contribution in [3.63, 3.8) is 0 Å². The van der Waals surface area contributed by atoms with Crippen molar-refractivity contribution in [2.45, 2.75) is 45.6 Å². The molecule has 1 saturated heterocycles. The zero-order valence-corrected chi connectivity index (χ0v) is 19.1. The highest BCUT2D eigenvalue weighted by Gasteiger charge is 2.23. The van der Waals surface area contributed by atoms with E-state index >= 15 is 0 Å². The maximum absolute atomic E-state index is 5.39. The van der Waals surface area contributed by atoms with Gasteiger partial charge in [-0.1, -0.05) is 24.8 Å². The Labute approximate surface area is 180 Å². The number of allylic oxidation sites excluding steroid dienone is 4. The number of nitrogens with one attached hydrogen (secondary N) is 2. The van der Waals surface area contributed by atoms with Crippen LogP contribution < -0.4 is 5.32 Å². The third kappa shape index (κ3) is 5.02. The number of rotatable bonds is 8. The fourth-order valence-electron chi connectivity index (χ4n) is 4.22. The molecule has 2 heterocycles. The standard InChI is InChI=1S/C25H36N4O/c1-7-8-9-22(19(4)30-6)25-27-23-15-21(14-17(2)24(23)28-25)20-10-12-29(13-11-20)16-18(3)26-5/h7-9,14-15,18,20,26H,4,10-13,16H2,1-3,5-6H3,(H,27,28)/b8-7-,22-9+/t18-/m0/s1. The number of piperidine rings is 1. The molecule has 1 aromatic carbocycles. The zero-order chi connectivity index (χ0) is 21.7. The number of aromatic nitrogens is 2. The van der Waals surface area contributed by atoms with Gasteiger partial charge in [-0.3, -0.25) is 0 Å². The summed E-state index contributed by atoms with van der Waals surface area (Å²) >= 11 is 0. The van der Waals surface area contributed by atoms with Crippen LogP contribution in [0.1, 0.15) is 49.6 Å². The molecule has 0 spiro atoms. The summed E-state index contributed by atoms with van der Waals surface area (Å²) in [5, 5.41) is 3.34. The van der Waals surface area contributed by atoms with E-state index in [0.29, 0.717) is 17.7 Å². The van der Waals surface area contributed by atoms with Gasteiger partial charge in [-0.15, -0.1) is 0 Å². The summed E-state index contributed by atoms with van der Waals surface area (Å²) in [4.78, 5) is 10.9. The largest absolute Gasteiger partial charge is 0.497 e. The van der Waals surface area contributed by atoms with Crippen LogP contribution in [-0.2, 0) is 4.74 Å². The van der Waals surface area contributed by atoms with Gasteiger partial charge < -0.3 is 19.9 Å². The lowest BCUT2D eigenvalue weighted by Gasteiger charge is -2.33. The average molecular weight is 409 g/mol. The fourth-order valence-corrected chi connectivity index (χ4v) is 4.22. The quantitative estimate of drug-likeness (QED) is 0.488. The molecule has 162 valence electrons. The number of methoxy groups -OCH3 is 1. The fraction of sp³-hybridized carbons (Fsp3) is 0.480. The van der Waals surface area contributed by atoms with E-state index in [9.17, 15) is 0 Å². The van der Waals surface area contributed by atoms with Gasteiger partial charge in [0.2, 0.25) is 0 Å². The smallest absolute Gasteiger partial charge is 0.142 e. The summed E-state index contributed by atoms with van der Waals surface area (Å²) < 4.78 is 5.39. The number of imidazole rings is 1. The van der Waals surface area contributed by atoms with Crippen molar-refractivity contribution < 1.29 is 4.74 Å². The van der Waals surface area contributed by atoms with Crippen molar-refractivity contribution >= 4 is 16.6 Å². The molecule has 0 amide bonds. The molecule has 1 fully saturated rings. The number of nitrogens with zero attached hydrogens (tertiary/aromatic N) is 2. The van der Waals surface area contributed by atoms with Gasteiger partial charge in [0.15, 0.2) is 0 Å². The number of hydrogen-bond acceptors (Lipinski definition) is 4. The zero-order valence-electron chi connectivity index (χ0n) is 19.1. The molecule has 0 aliphatic carbocycles. The maximum Gasteiger partial charge on any atom is 0.142 e. The van der Waals surface area contributed by atoms with Crippen molar-refractivity contribution in [3.05, 3.63) is 59.7 Å². The van der Waals surface area contributed by atoms with E-state index < -0.39 is 0 Å². The molecule has 0 saturated carbocycles. The summed E-state index contributed by atoms with van der Waals surface area (Å²) in [5.41, 5.74) is 5.61. The second kappa shape index (κ2) is 10.1. The first kappa shape index (κ1) is 22.3. The number of aryl methyl sites for hydroxylation is 1. The maximum atomic E-state index is 5.39. The second-order valence-electron chi connectivity index (χ2n) is 8.32. The van der Waals surface area contributed by atoms with E-state index in [4.69, 9.17) is 9.72 Å². The van der Waals surface area contributed by atoms with Crippen LogP contribution in [0.4, 0.5) is 0 Å². The Bertz CT molecular complexity index is 932. The molecule has 2 N–H and O–H groups in total. The molecule has 2 aromatic rings. The van der Waals surface area contributed by atoms with Crippen LogP contribution in [0.25, 0.3) is 16.6 Å². The minimum atomic E-state index is 0.537. The highest BCUT2D eigenvalue weighted by molar-refractivity contribution is 5.85. The number of fused-ring (bicyclic) bond motifs is 1. The molecule has 30 heavy (non-hydrogen) atoms. The molecular weight excluding hydrogens is 372 g/mol. The lowest BCUT2D eigenvalue weighted by atomic mass is 9.88. The third-order valence-corrected chi connectivity index (χ3v) is 6.14. The Morgan fingerprint density at radius 2 is 2.13 bits per heavy atom. The summed E-state index contributed by atoms with van der Waals surface area (Å²) in [6.07, 6.45) is 8.36. The molecule has 1 aromatic heterocycles. The lowest BCUT2D eigenvalue weighted by molar-refractivity contribution is 0.197. The van der Waals surface area contributed by atoms with Crippen LogP contribution in [0.2, 0.25) is 0 Å². The Morgan fingerprint density at radius 3 is 2.77 bits per heavy atom. The molecule has 3 rings (SSSR count). The Balaban J connectivity index is 1.83. The van der Waals surface area contributed by atoms with Crippen LogP contribution in [0.5, 0.6) is 0 Å². The van der Waals surface area contributed by atoms with Crippen LogP contribution in [0, 0.1) is 6.92 Å². The molecule has 5 heteroatoms. The van der Waals surface area contributed by atoms with Gasteiger partial charge in [-0.25, -0.2) is 4.98 Å². The molecule has 1 atom stereocenters. The lowest BCUT2D eigenvalue weighted by Crippen LogP contribution is -2.41. The van der Waals surface area contributed by atoms with Gasteiger partial charge in [-0.05, 0) is 82.9 Å². The van der Waals surface area contributed by atoms with Crippen LogP contribution in [0.3, 0.4) is 0 Å². The summed E-state index contributed by atoms with van der Waals surface area (Å²) in [7, 11) is 3.68. The molecule has 1 aliphatic rings. The SMILES string of the molecule is C=C(OC)/C(=C\C=C/C)c1nc2c(C)cc(C3CCN(C[C@H](C)NC)CC3)cc2[nH]1. The molecule has 1 aliphatic heterocycles. The second-order valence-corrected chi connectivity index (χ2v) is 8.32. The minimum Gasteiger partial charge on any atom is -0.497 e. The van der Waals surface area contributed by atoms with Crippen LogP contribution in [-0.4, -0.2) is 54.7 Å². The van der Waals surface area contributed by atoms with Crippen molar-refractivity contribution in [1.29, 1.82) is 0 Å². The van der Waals surface area contributed by atoms with Gasteiger partial charge in [-0.2, -0.15) is 0 Å². The first-order valence-corrected chi connectivity index (χ1v) is 10.9. The number of H-pyrrole nitrogens is 1. The monoisotopic (exact) mass is 408 g/mol. The van der Waals surface area contributed by atoms with E-state index in [1.54, 1.807) is 7.11 Å². The first-order chi connectivity index (χ1) is 14.5. The Kier molecular flexibility index (Phi) is 7.51. The molecule has 0 unspecified atom stereocenters. The molecular formula is C25H36N4O. The number of benzene rings is 1. The summed E-state index contributed by atoms with van der Waals surface area (Å²) in [6, 6.07) is 5.15. The number of ether oxygens (including phenoxy) is 1. The Hall–Kier alpha value is -2.37. The van der Waals surface area contributed by atoms with Gasteiger partial charge >= 0.3 is 0 Å². The summed E-state index contributed by atoms with van der Waals surface area (Å²) in [6.45, 7) is 13.9. The summed E-state index contributed by atoms with van der Waals surface area (Å²) in [5.74, 6) is 2.01. The average Bonchev–Trinajstić information content (AvgIpc) is 3.18. The number of likely N-dealkylation sites (N-methyl/N-ethyl adjacent to an activating group) is 1. The van der Waals surface area contributed by atoms with E-state index in [1.807, 2.05) is 32.2 Å². The Morgan fingerprint density at radius 1 is 1.40 bits per heavy atom. The highest BCUT2D eigenvalue weighted by Crippen LogP contribution is 2.32. The first-order valence-electron chi connectivity index (χ1n) is 10.9. The number of likely N-dealkylation sites (tertiary alicyclic amines) is 1. The minimum absolute atomic E-state index is 0.537. The van der Waals surface area contributed by atoms with Gasteiger partial charge in [0.25, 0.3) is 0 Å². The van der Waals surface area contributed by atoms with E-state index in [-0.39, 0.29) is 0 Å². The van der Waals surface area contributed by atoms with Crippen molar-refractivity contribution in [1.82, 2.24) is 20.2 Å². The predicted molar refractivity (Wildman–Crippen MR) is 127 cm³/mol. The number of aromatic amines is 1. The van der Waals surface area contributed by atoms with Crippen molar-refractivity contribution in [3.8, 4) is 0 Å². The van der Waals surface area contributed by atoms with Crippen LogP contribution in [0.15, 0.2) is 42.7 Å². The topological polar surface area (TPSA) is 53.2 Å². The normalized spacial score (nSPS) is 17.7. The third-order valence-electron chi connectivity index (χ3n) is 6.14. The number of hydrogen-bond donors (Lipinski definition) is 2. The van der Waals surface area contributed by atoms with Crippen molar-refractivity contribution in [2.75, 3.05) is 33.8 Å². The highest BCUT2D eigenvalue weighted by atomic mass is 16.5. The van der Waals surface area contributed by atoms with Gasteiger partial charge in [0.1, 0.15) is 11.6 Å². The van der Waals surface area contributed by atoms with Crippen LogP contribution >= 0.6 is 0 Å². The van der Waals surface area contributed by atoms with E-state index in [0.717, 1.165) is 42.1 Å². The van der Waals surface area contributed by atoms with E-state index in [2.05, 4.69) is 47.8 Å². The van der Waals surface area contributed by atoms with Gasteiger partial charge in [0.05, 0.1) is 23.7 Å². The molecule has 5 nitrogen and oxygen atoms in total. The van der Waals surface area contributed by atoms with E-state index in [1.165, 1.54) is 24.0 Å². The predicted octanol–water partition coefficient (Wildman–Crippen LogP) is 4.78. The molecule has 0 radical (unpaired) electrons. The molecule has 0 bridgehead atoms. The van der Waals surface area contributed by atoms with Crippen molar-refractivity contribution in [2.24, 2.45) is 0 Å². The van der Waals surface area contributed by atoms with Gasteiger partial charge in [0, 0.05) is 12.6 Å².